The van der Waals surface area contributed by atoms with Crippen molar-refractivity contribution in [2.45, 2.75) is 172 Å². The number of nitrogens with one attached hydrogen (secondary N) is 4. The van der Waals surface area contributed by atoms with E-state index in [4.69, 9.17) is 37.9 Å². The highest BCUT2D eigenvalue weighted by Gasteiger charge is 2.55. The predicted octanol–water partition coefficient (Wildman–Crippen LogP) is 1.95. The number of nitrogens with zero attached hydrogens (tertiary/aromatic N) is 2. The highest BCUT2D eigenvalue weighted by molar-refractivity contribution is 5.77. The third-order valence-electron chi connectivity index (χ3n) is 10.4. The van der Waals surface area contributed by atoms with Crippen LogP contribution in [0.3, 0.4) is 0 Å². The van der Waals surface area contributed by atoms with Crippen LogP contribution in [0.1, 0.15) is 87.6 Å². The average Bonchev–Trinajstić information content (AvgIpc) is 3.21. The molecule has 8 N–H and O–H groups in total. The number of rotatable bonds is 14. The van der Waals surface area contributed by atoms with Crippen LogP contribution >= 0.6 is 0 Å². The van der Waals surface area contributed by atoms with Crippen molar-refractivity contribution < 1.29 is 87.2 Å². The number of likely N-dealkylation sites (N-methyl/N-ethyl adjacent to an activating group) is 1. The fourth-order valence-electron chi connectivity index (χ4n) is 7.57. The molecule has 2 heterocycles. The van der Waals surface area contributed by atoms with Crippen molar-refractivity contribution in [3.8, 4) is 0 Å². The van der Waals surface area contributed by atoms with Gasteiger partial charge in [0.25, 0.3) is 5.69 Å². The minimum Gasteiger partial charge on any atom is -0.465 e. The summed E-state index contributed by atoms with van der Waals surface area (Å²) in [7, 11) is 1.30. The normalized spacial score (nSPS) is 28.4. The molecule has 388 valence electrons. The Morgan fingerprint density at radius 2 is 1.35 bits per heavy atom. The molecule has 1 saturated carbocycles. The number of amides is 5. The molecule has 69 heavy (non-hydrogen) atoms. The number of hydrogen-bond donors (Lipinski definition) is 8. The smallest absolute Gasteiger partial charge is 0.410 e. The summed E-state index contributed by atoms with van der Waals surface area (Å²) in [6.07, 6.45) is -12.6. The van der Waals surface area contributed by atoms with E-state index in [9.17, 15) is 54.5 Å². The third kappa shape index (κ3) is 16.8. The second-order valence-corrected chi connectivity index (χ2v) is 20.1. The van der Waals surface area contributed by atoms with Crippen molar-refractivity contribution in [1.29, 1.82) is 0 Å². The van der Waals surface area contributed by atoms with Crippen LogP contribution in [0.4, 0.5) is 24.9 Å². The van der Waals surface area contributed by atoms with Crippen LogP contribution < -0.4 is 21.3 Å². The molecule has 1 saturated heterocycles. The lowest BCUT2D eigenvalue weighted by Gasteiger charge is -2.50. The standard InChI is InChI=1S/C44H68N6O19/c1-41(2,3)67-38(56)47-26-17-16-25(19-45-37(55)62-21-23-12-14-24(15-13-23)50(60)61)64-35(26)65-33-28(48-39(57)68-42(4,5)6)18-27(46-29(52)20-51)32(30(33)53)66-36-31(54)34(44(10,59)22-63-36)49(11)40(58)69-43(7,8)9/h12-16,26-28,30-36,51,53-54,59H,17-22H2,1-11H3,(H,45,55)(H,46,52)(H,47,56)(H,48,57)/t26-,27-,28+,30-,31-,32+,33-,34-,35-,36-,44+/m1/s1. The molecular weight excluding hydrogens is 917 g/mol. The van der Waals surface area contributed by atoms with Crippen molar-refractivity contribution in [3.63, 3.8) is 0 Å². The Morgan fingerprint density at radius 3 is 1.88 bits per heavy atom. The number of carbonyl (C=O) groups excluding carboxylic acids is 5. The van der Waals surface area contributed by atoms with Crippen LogP contribution in [0.2, 0.25) is 0 Å². The summed E-state index contributed by atoms with van der Waals surface area (Å²) in [6, 6.07) is 0.354. The lowest BCUT2D eigenvalue weighted by Crippen LogP contribution is -2.70. The number of ether oxygens (including phenoxy) is 8. The summed E-state index contributed by atoms with van der Waals surface area (Å²) in [5.41, 5.74) is -4.43. The Bertz CT molecular complexity index is 2000. The number of hydrogen-bond acceptors (Lipinski definition) is 19. The first-order valence-corrected chi connectivity index (χ1v) is 22.2. The van der Waals surface area contributed by atoms with Gasteiger partial charge in [-0.3, -0.25) is 14.9 Å². The zero-order chi connectivity index (χ0) is 51.8. The Hall–Kier alpha value is -5.57. The Labute approximate surface area is 399 Å². The Kier molecular flexibility index (Phi) is 18.6. The average molecular weight is 985 g/mol. The lowest BCUT2D eigenvalue weighted by atomic mass is 9.83. The van der Waals surface area contributed by atoms with Crippen molar-refractivity contribution in [3.05, 3.63) is 51.8 Å². The van der Waals surface area contributed by atoms with Gasteiger partial charge in [-0.2, -0.15) is 0 Å². The SMILES string of the molecule is CN(C(=O)OC(C)(C)C)[C@@H]1[C@@H](O)[C@@H](O[C@@H]2[C@@H](O)[C@H](O[C@H]3OC(CNC(=O)OCc4ccc([N+](=O)[O-])cc4)=CC[C@H]3NC(=O)OC(C)(C)C)[C@@H](NC(=O)OC(C)(C)C)C[C@H]2NC(=O)CO)OC[C@]1(C)O. The number of aliphatic hydroxyl groups excluding tert-OH is 3. The summed E-state index contributed by atoms with van der Waals surface area (Å²) in [4.78, 5) is 76.7. The van der Waals surface area contributed by atoms with Crippen LogP contribution in [0.5, 0.6) is 0 Å². The van der Waals surface area contributed by atoms with E-state index in [2.05, 4.69) is 21.3 Å². The van der Waals surface area contributed by atoms with Crippen LogP contribution in [-0.4, -0.2) is 171 Å². The van der Waals surface area contributed by atoms with Crippen LogP contribution in [0.15, 0.2) is 36.1 Å². The molecular formula is C44H68N6O19. The van der Waals surface area contributed by atoms with Gasteiger partial charge in [-0.25, -0.2) is 19.2 Å². The number of aliphatic hydroxyl groups is 4. The fraction of sp³-hybridized carbons (Fsp3) is 0.705. The van der Waals surface area contributed by atoms with Gasteiger partial charge in [-0.05, 0) is 106 Å². The van der Waals surface area contributed by atoms with E-state index in [0.717, 1.165) is 4.90 Å². The summed E-state index contributed by atoms with van der Waals surface area (Å²) < 4.78 is 46.4. The van der Waals surface area contributed by atoms with Crippen LogP contribution in [0.25, 0.3) is 0 Å². The zero-order valence-corrected chi connectivity index (χ0v) is 40.7. The van der Waals surface area contributed by atoms with Gasteiger partial charge in [-0.1, -0.05) is 0 Å². The molecule has 2 fully saturated rings. The number of nitro groups is 1. The van der Waals surface area contributed by atoms with E-state index in [1.807, 2.05) is 0 Å². The van der Waals surface area contributed by atoms with Gasteiger partial charge in [0.1, 0.15) is 65.8 Å². The molecule has 0 radical (unpaired) electrons. The molecule has 1 aromatic rings. The van der Waals surface area contributed by atoms with Gasteiger partial charge in [-0.15, -0.1) is 0 Å². The zero-order valence-electron chi connectivity index (χ0n) is 40.7. The van der Waals surface area contributed by atoms with Gasteiger partial charge >= 0.3 is 24.4 Å². The molecule has 4 rings (SSSR count). The molecule has 11 atom stereocenters. The van der Waals surface area contributed by atoms with Crippen molar-refractivity contribution >= 4 is 36.0 Å². The molecule has 25 heteroatoms. The Morgan fingerprint density at radius 1 is 0.812 bits per heavy atom. The maximum absolute atomic E-state index is 13.4. The molecule has 2 aliphatic heterocycles. The molecule has 0 bridgehead atoms. The van der Waals surface area contributed by atoms with Gasteiger partial charge < -0.3 is 84.5 Å². The molecule has 1 aromatic carbocycles. The largest absolute Gasteiger partial charge is 0.465 e. The number of carbonyl (C=O) groups is 5. The second-order valence-electron chi connectivity index (χ2n) is 20.1. The molecule has 5 amide bonds. The predicted molar refractivity (Wildman–Crippen MR) is 239 cm³/mol. The van der Waals surface area contributed by atoms with Crippen molar-refractivity contribution in [2.75, 3.05) is 26.8 Å². The number of nitro benzene ring substituents is 1. The van der Waals surface area contributed by atoms with E-state index in [1.54, 1.807) is 68.4 Å². The van der Waals surface area contributed by atoms with Gasteiger partial charge in [0.05, 0.1) is 42.2 Å². The summed E-state index contributed by atoms with van der Waals surface area (Å²) >= 11 is 0. The van der Waals surface area contributed by atoms with Gasteiger partial charge in [0, 0.05) is 19.2 Å². The van der Waals surface area contributed by atoms with Crippen LogP contribution in [-0.2, 0) is 49.3 Å². The highest BCUT2D eigenvalue weighted by atomic mass is 16.7. The third-order valence-corrected chi connectivity index (χ3v) is 10.4. The number of non-ortho nitro benzene ring substituents is 1. The van der Waals surface area contributed by atoms with Crippen molar-refractivity contribution in [1.82, 2.24) is 26.2 Å². The molecule has 0 aromatic heterocycles. The van der Waals surface area contributed by atoms with Gasteiger partial charge in [0.15, 0.2) is 6.29 Å². The van der Waals surface area contributed by atoms with E-state index in [-0.39, 0.29) is 37.4 Å². The topological polar surface area (TPSA) is 335 Å². The fourth-order valence-corrected chi connectivity index (χ4v) is 7.57. The second kappa shape index (κ2) is 22.9. The first-order chi connectivity index (χ1) is 31.9. The summed E-state index contributed by atoms with van der Waals surface area (Å²) in [5.74, 6) is -0.819. The van der Waals surface area contributed by atoms with Gasteiger partial charge in [0.2, 0.25) is 12.2 Å². The van der Waals surface area contributed by atoms with Crippen LogP contribution in [0, 0.1) is 10.1 Å². The minimum atomic E-state index is -1.91. The Balaban J connectivity index is 1.67. The highest BCUT2D eigenvalue weighted by Crippen LogP contribution is 2.35. The van der Waals surface area contributed by atoms with E-state index < -0.39 is 132 Å². The first-order valence-electron chi connectivity index (χ1n) is 22.2. The number of benzene rings is 1. The summed E-state index contributed by atoms with van der Waals surface area (Å²) in [6.45, 7) is 14.0. The maximum Gasteiger partial charge on any atom is 0.410 e. The van der Waals surface area contributed by atoms with Crippen molar-refractivity contribution in [2.24, 2.45) is 0 Å². The molecule has 0 unspecified atom stereocenters. The lowest BCUT2D eigenvalue weighted by molar-refractivity contribution is -0.384. The van der Waals surface area contributed by atoms with E-state index in [0.29, 0.717) is 5.56 Å². The maximum atomic E-state index is 13.4. The quantitative estimate of drug-likeness (QED) is 0.0750. The molecule has 3 aliphatic rings. The monoisotopic (exact) mass is 984 g/mol. The molecule has 25 nitrogen and oxygen atoms in total. The molecule has 1 aliphatic carbocycles. The minimum absolute atomic E-state index is 0.00452. The summed E-state index contributed by atoms with van der Waals surface area (Å²) in [5, 5.41) is 66.7. The molecule has 0 spiro atoms. The van der Waals surface area contributed by atoms with E-state index in [1.165, 1.54) is 38.2 Å². The first kappa shape index (κ1) is 56.0. The number of alkyl carbamates (subject to hydrolysis) is 3. The van der Waals surface area contributed by atoms with E-state index >= 15 is 0 Å².